The maximum atomic E-state index is 11.7. The van der Waals surface area contributed by atoms with Crippen LogP contribution in [0.25, 0.3) is 0 Å². The summed E-state index contributed by atoms with van der Waals surface area (Å²) in [5.41, 5.74) is 6.60. The largest absolute Gasteiger partial charge is 0.371 e. The Morgan fingerprint density at radius 2 is 1.74 bits per heavy atom. The van der Waals surface area contributed by atoms with Crippen LogP contribution >= 0.6 is 0 Å². The lowest BCUT2D eigenvalue weighted by Crippen LogP contribution is -2.26. The molecule has 0 heterocycles. The highest BCUT2D eigenvalue weighted by Gasteiger charge is 2.12. The number of nitrogens with zero attached hydrogens (tertiary/aromatic N) is 1. The number of rotatable bonds is 8. The van der Waals surface area contributed by atoms with Crippen molar-refractivity contribution in [3.63, 3.8) is 0 Å². The molecule has 1 rings (SSSR count). The molecule has 1 aromatic rings. The number of anilines is 1. The van der Waals surface area contributed by atoms with E-state index in [1.165, 1.54) is 0 Å². The van der Waals surface area contributed by atoms with Gasteiger partial charge in [0.15, 0.2) is 9.84 Å². The molecule has 0 amide bonds. The molecule has 1 aromatic carbocycles. The summed E-state index contributed by atoms with van der Waals surface area (Å²) in [7, 11) is -3.11. The number of hydrogen-bond acceptors (Lipinski definition) is 4. The molecule has 0 saturated carbocycles. The Bertz CT molecular complexity index is 469. The summed E-state index contributed by atoms with van der Waals surface area (Å²) in [5.74, 6) is 0.137. The first kappa shape index (κ1) is 16.0. The molecule has 0 unspecified atom stereocenters. The van der Waals surface area contributed by atoms with Gasteiger partial charge in [-0.2, -0.15) is 0 Å². The van der Waals surface area contributed by atoms with Crippen LogP contribution in [0.3, 0.4) is 0 Å². The van der Waals surface area contributed by atoms with Crippen LogP contribution in [-0.4, -0.2) is 33.8 Å². The van der Waals surface area contributed by atoms with Gasteiger partial charge in [-0.1, -0.05) is 13.8 Å². The van der Waals surface area contributed by atoms with Crippen molar-refractivity contribution >= 4 is 15.5 Å². The van der Waals surface area contributed by atoms with Gasteiger partial charge >= 0.3 is 0 Å². The maximum Gasteiger partial charge on any atom is 0.178 e. The molecule has 0 aliphatic heterocycles. The molecule has 0 saturated heterocycles. The van der Waals surface area contributed by atoms with Crippen LogP contribution in [0.15, 0.2) is 29.2 Å². The quantitative estimate of drug-likeness (QED) is 0.793. The van der Waals surface area contributed by atoms with Crippen molar-refractivity contribution in [3.05, 3.63) is 24.3 Å². The first-order valence-corrected chi connectivity index (χ1v) is 8.48. The number of benzene rings is 1. The van der Waals surface area contributed by atoms with Gasteiger partial charge in [0.2, 0.25) is 0 Å². The topological polar surface area (TPSA) is 63.4 Å². The minimum atomic E-state index is -3.11. The molecule has 4 nitrogen and oxygen atoms in total. The van der Waals surface area contributed by atoms with E-state index in [1.807, 2.05) is 12.1 Å². The minimum Gasteiger partial charge on any atom is -0.371 e. The molecule has 0 aliphatic rings. The van der Waals surface area contributed by atoms with Crippen LogP contribution in [0, 0.1) is 0 Å². The van der Waals surface area contributed by atoms with Crippen molar-refractivity contribution in [1.82, 2.24) is 0 Å². The van der Waals surface area contributed by atoms with E-state index in [1.54, 1.807) is 19.1 Å². The zero-order chi connectivity index (χ0) is 14.3. The third-order valence-corrected chi connectivity index (χ3v) is 4.82. The Morgan fingerprint density at radius 1 is 1.11 bits per heavy atom. The van der Waals surface area contributed by atoms with Gasteiger partial charge < -0.3 is 10.6 Å². The van der Waals surface area contributed by atoms with E-state index >= 15 is 0 Å². The average molecular weight is 284 g/mol. The summed E-state index contributed by atoms with van der Waals surface area (Å²) >= 11 is 0. The summed E-state index contributed by atoms with van der Waals surface area (Å²) in [5, 5.41) is 0. The molecule has 19 heavy (non-hydrogen) atoms. The molecule has 0 radical (unpaired) electrons. The van der Waals surface area contributed by atoms with Gasteiger partial charge in [0.25, 0.3) is 0 Å². The third kappa shape index (κ3) is 4.51. The van der Waals surface area contributed by atoms with E-state index in [-0.39, 0.29) is 5.75 Å². The zero-order valence-electron chi connectivity index (χ0n) is 11.8. The van der Waals surface area contributed by atoms with Crippen molar-refractivity contribution in [3.8, 4) is 0 Å². The van der Waals surface area contributed by atoms with E-state index in [0.29, 0.717) is 11.4 Å². The molecule has 5 heteroatoms. The van der Waals surface area contributed by atoms with Crippen LogP contribution in [0.5, 0.6) is 0 Å². The normalized spacial score (nSPS) is 11.5. The standard InChI is InChI=1S/C14H24N2O2S/c1-3-11-16(12-5-10-15)13-6-8-14(9-7-13)19(17,18)4-2/h6-9H,3-5,10-12,15H2,1-2H3. The SMILES string of the molecule is CCCN(CCCN)c1ccc(S(=O)(=O)CC)cc1. The Labute approximate surface area is 116 Å². The molecular formula is C14H24N2O2S. The van der Waals surface area contributed by atoms with Crippen LogP contribution < -0.4 is 10.6 Å². The average Bonchev–Trinajstić information content (AvgIpc) is 2.43. The lowest BCUT2D eigenvalue weighted by atomic mass is 10.2. The van der Waals surface area contributed by atoms with Crippen molar-refractivity contribution < 1.29 is 8.42 Å². The van der Waals surface area contributed by atoms with E-state index in [9.17, 15) is 8.42 Å². The smallest absolute Gasteiger partial charge is 0.178 e. The fourth-order valence-electron chi connectivity index (χ4n) is 1.95. The lowest BCUT2D eigenvalue weighted by Gasteiger charge is -2.24. The molecule has 108 valence electrons. The molecule has 0 bridgehead atoms. The highest BCUT2D eigenvalue weighted by atomic mass is 32.2. The molecule has 2 N–H and O–H groups in total. The van der Waals surface area contributed by atoms with Gasteiger partial charge in [0, 0.05) is 18.8 Å². The van der Waals surface area contributed by atoms with Crippen LogP contribution in [-0.2, 0) is 9.84 Å². The maximum absolute atomic E-state index is 11.7. The van der Waals surface area contributed by atoms with Gasteiger partial charge in [-0.05, 0) is 43.7 Å². The van der Waals surface area contributed by atoms with Crippen LogP contribution in [0.4, 0.5) is 5.69 Å². The second kappa shape index (κ2) is 7.50. The molecular weight excluding hydrogens is 260 g/mol. The predicted octanol–water partition coefficient (Wildman–Crippen LogP) is 2.05. The molecule has 0 spiro atoms. The Balaban J connectivity index is 2.88. The third-order valence-electron chi connectivity index (χ3n) is 3.07. The van der Waals surface area contributed by atoms with E-state index in [4.69, 9.17) is 5.73 Å². The molecule has 0 atom stereocenters. The van der Waals surface area contributed by atoms with Crippen molar-refractivity contribution in [2.24, 2.45) is 5.73 Å². The minimum absolute atomic E-state index is 0.137. The summed E-state index contributed by atoms with van der Waals surface area (Å²) in [6.45, 7) is 6.33. The molecule has 0 fully saturated rings. The van der Waals surface area contributed by atoms with Crippen LogP contribution in [0.1, 0.15) is 26.7 Å². The lowest BCUT2D eigenvalue weighted by molar-refractivity contribution is 0.597. The second-order valence-corrected chi connectivity index (χ2v) is 6.80. The van der Waals surface area contributed by atoms with Gasteiger partial charge in [-0.3, -0.25) is 0 Å². The van der Waals surface area contributed by atoms with Gasteiger partial charge in [-0.15, -0.1) is 0 Å². The van der Waals surface area contributed by atoms with Crippen molar-refractivity contribution in [2.45, 2.75) is 31.6 Å². The van der Waals surface area contributed by atoms with Crippen LogP contribution in [0.2, 0.25) is 0 Å². The van der Waals surface area contributed by atoms with Gasteiger partial charge in [0.05, 0.1) is 10.6 Å². The summed E-state index contributed by atoms with van der Waals surface area (Å²) < 4.78 is 23.5. The highest BCUT2D eigenvalue weighted by molar-refractivity contribution is 7.91. The highest BCUT2D eigenvalue weighted by Crippen LogP contribution is 2.19. The van der Waals surface area contributed by atoms with Gasteiger partial charge in [-0.25, -0.2) is 8.42 Å². The fraction of sp³-hybridized carbons (Fsp3) is 0.571. The van der Waals surface area contributed by atoms with Crippen molar-refractivity contribution in [1.29, 1.82) is 0 Å². The Morgan fingerprint density at radius 3 is 2.21 bits per heavy atom. The monoisotopic (exact) mass is 284 g/mol. The van der Waals surface area contributed by atoms with Crippen molar-refractivity contribution in [2.75, 3.05) is 30.3 Å². The number of sulfone groups is 1. The van der Waals surface area contributed by atoms with E-state index in [2.05, 4.69) is 11.8 Å². The zero-order valence-corrected chi connectivity index (χ0v) is 12.6. The summed E-state index contributed by atoms with van der Waals surface area (Å²) in [4.78, 5) is 2.64. The second-order valence-electron chi connectivity index (χ2n) is 4.53. The predicted molar refractivity (Wildman–Crippen MR) is 80.3 cm³/mol. The van der Waals surface area contributed by atoms with E-state index < -0.39 is 9.84 Å². The van der Waals surface area contributed by atoms with Gasteiger partial charge in [0.1, 0.15) is 0 Å². The summed E-state index contributed by atoms with van der Waals surface area (Å²) in [6, 6.07) is 7.15. The van der Waals surface area contributed by atoms with E-state index in [0.717, 1.165) is 31.6 Å². The number of nitrogens with two attached hydrogens (primary N) is 1. The fourth-order valence-corrected chi connectivity index (χ4v) is 2.84. The molecule has 0 aromatic heterocycles. The molecule has 0 aliphatic carbocycles. The summed E-state index contributed by atoms with van der Waals surface area (Å²) in [6.07, 6.45) is 1.99. The Kier molecular flexibility index (Phi) is 6.31. The number of hydrogen-bond donors (Lipinski definition) is 1. The first-order chi connectivity index (χ1) is 9.05. The first-order valence-electron chi connectivity index (χ1n) is 6.83. The Hall–Kier alpha value is -1.07.